The highest BCUT2D eigenvalue weighted by atomic mass is 32.1. The maximum atomic E-state index is 12.5. The Balaban J connectivity index is 1.35. The molecule has 168 valence electrons. The van der Waals surface area contributed by atoms with Crippen LogP contribution in [0.3, 0.4) is 0 Å². The summed E-state index contributed by atoms with van der Waals surface area (Å²) in [5.74, 6) is 0.694. The van der Waals surface area contributed by atoms with Gasteiger partial charge in [-0.2, -0.15) is 0 Å². The van der Waals surface area contributed by atoms with Crippen molar-refractivity contribution in [2.75, 3.05) is 50.7 Å². The molecule has 3 aromatic rings. The van der Waals surface area contributed by atoms with Gasteiger partial charge in [-0.1, -0.05) is 11.3 Å². The first kappa shape index (κ1) is 22.0. The molecule has 1 saturated heterocycles. The number of rotatable bonds is 8. The van der Waals surface area contributed by atoms with Gasteiger partial charge in [0.25, 0.3) is 0 Å². The third-order valence-corrected chi connectivity index (χ3v) is 6.31. The van der Waals surface area contributed by atoms with Crippen LogP contribution < -0.4 is 19.7 Å². The fraction of sp³-hybridized carbons (Fsp3) is 0.348. The Bertz CT molecular complexity index is 1120. The number of carbonyl (C=O) groups is 2. The van der Waals surface area contributed by atoms with Gasteiger partial charge in [0, 0.05) is 37.2 Å². The van der Waals surface area contributed by atoms with Gasteiger partial charge in [0.2, 0.25) is 5.91 Å². The standard InChI is InChI=1S/C23H25N3O5S/c1-29-19-7-3-15(13-20(19)30-2)18(27)6-8-22(28)24-16-4-5-17-21(14-16)32-23(25-17)26-9-11-31-12-10-26/h3-5,7,13-14H,6,8-12H2,1-2H3,(H,24,28). The molecule has 1 amide bonds. The van der Waals surface area contributed by atoms with E-state index < -0.39 is 0 Å². The number of Topliss-reactive ketones (excluding diaryl/α,β-unsaturated/α-hetero) is 1. The van der Waals surface area contributed by atoms with Gasteiger partial charge in [-0.3, -0.25) is 9.59 Å². The van der Waals surface area contributed by atoms with E-state index in [0.29, 0.717) is 36.0 Å². The number of hydrogen-bond donors (Lipinski definition) is 1. The molecule has 0 atom stereocenters. The van der Waals surface area contributed by atoms with Crippen molar-refractivity contribution < 1.29 is 23.8 Å². The highest BCUT2D eigenvalue weighted by molar-refractivity contribution is 7.22. The van der Waals surface area contributed by atoms with Crippen molar-refractivity contribution in [2.24, 2.45) is 0 Å². The van der Waals surface area contributed by atoms with Crippen LogP contribution in [0, 0.1) is 0 Å². The summed E-state index contributed by atoms with van der Waals surface area (Å²) in [6, 6.07) is 10.6. The summed E-state index contributed by atoms with van der Waals surface area (Å²) >= 11 is 1.60. The second-order valence-electron chi connectivity index (χ2n) is 7.32. The van der Waals surface area contributed by atoms with E-state index in [1.165, 1.54) is 14.2 Å². The number of fused-ring (bicyclic) bond motifs is 1. The number of morpholine rings is 1. The summed E-state index contributed by atoms with van der Waals surface area (Å²) in [6.45, 7) is 3.08. The summed E-state index contributed by atoms with van der Waals surface area (Å²) in [4.78, 5) is 31.8. The molecule has 1 N–H and O–H groups in total. The summed E-state index contributed by atoms with van der Waals surface area (Å²) in [5, 5.41) is 3.85. The maximum Gasteiger partial charge on any atom is 0.224 e. The summed E-state index contributed by atoms with van der Waals surface area (Å²) in [6.07, 6.45) is 0.193. The van der Waals surface area contributed by atoms with Gasteiger partial charge in [-0.05, 0) is 36.4 Å². The molecule has 0 radical (unpaired) electrons. The van der Waals surface area contributed by atoms with Crippen molar-refractivity contribution in [3.05, 3.63) is 42.0 Å². The van der Waals surface area contributed by atoms with Crippen molar-refractivity contribution in [1.29, 1.82) is 0 Å². The summed E-state index contributed by atoms with van der Waals surface area (Å²) in [7, 11) is 3.06. The molecule has 0 bridgehead atoms. The molecule has 0 saturated carbocycles. The van der Waals surface area contributed by atoms with Gasteiger partial charge in [-0.25, -0.2) is 4.98 Å². The lowest BCUT2D eigenvalue weighted by Crippen LogP contribution is -2.36. The number of aromatic nitrogens is 1. The van der Waals surface area contributed by atoms with Crippen LogP contribution in [0.25, 0.3) is 10.2 Å². The number of benzene rings is 2. The molecule has 32 heavy (non-hydrogen) atoms. The van der Waals surface area contributed by atoms with E-state index in [-0.39, 0.29) is 24.5 Å². The molecule has 1 aliphatic heterocycles. The van der Waals surface area contributed by atoms with Gasteiger partial charge in [0.1, 0.15) is 0 Å². The van der Waals surface area contributed by atoms with Crippen molar-refractivity contribution in [2.45, 2.75) is 12.8 Å². The first-order valence-electron chi connectivity index (χ1n) is 10.4. The molecule has 2 heterocycles. The first-order valence-corrected chi connectivity index (χ1v) is 11.2. The summed E-state index contributed by atoms with van der Waals surface area (Å²) < 4.78 is 16.8. The van der Waals surface area contributed by atoms with Crippen LogP contribution in [0.2, 0.25) is 0 Å². The zero-order valence-electron chi connectivity index (χ0n) is 18.1. The summed E-state index contributed by atoms with van der Waals surface area (Å²) in [5.41, 5.74) is 2.08. The predicted octanol–water partition coefficient (Wildman–Crippen LogP) is 3.75. The van der Waals surface area contributed by atoms with E-state index in [2.05, 4.69) is 15.2 Å². The molecule has 0 spiro atoms. The van der Waals surface area contributed by atoms with E-state index in [9.17, 15) is 9.59 Å². The molecule has 1 aromatic heterocycles. The Morgan fingerprint density at radius 1 is 1.06 bits per heavy atom. The van der Waals surface area contributed by atoms with Crippen LogP contribution in [0.1, 0.15) is 23.2 Å². The second-order valence-corrected chi connectivity index (χ2v) is 8.33. The average molecular weight is 456 g/mol. The van der Waals surface area contributed by atoms with E-state index in [1.807, 2.05) is 18.2 Å². The number of hydrogen-bond acceptors (Lipinski definition) is 8. The zero-order valence-corrected chi connectivity index (χ0v) is 18.9. The molecular weight excluding hydrogens is 430 g/mol. The van der Waals surface area contributed by atoms with E-state index in [0.717, 1.165) is 28.4 Å². The normalized spacial score (nSPS) is 13.8. The molecule has 1 aliphatic rings. The van der Waals surface area contributed by atoms with Crippen molar-refractivity contribution in [3.63, 3.8) is 0 Å². The topological polar surface area (TPSA) is 90.0 Å². The highest BCUT2D eigenvalue weighted by Crippen LogP contribution is 2.31. The first-order chi connectivity index (χ1) is 15.6. The molecule has 4 rings (SSSR count). The number of ketones is 1. The number of carbonyl (C=O) groups excluding carboxylic acids is 2. The maximum absolute atomic E-state index is 12.5. The minimum absolute atomic E-state index is 0.0902. The number of anilines is 2. The zero-order chi connectivity index (χ0) is 22.5. The van der Waals surface area contributed by atoms with Crippen LogP contribution in [0.4, 0.5) is 10.8 Å². The third kappa shape index (κ3) is 5.00. The van der Waals surface area contributed by atoms with E-state index >= 15 is 0 Å². The Morgan fingerprint density at radius 2 is 1.84 bits per heavy atom. The second kappa shape index (κ2) is 9.97. The van der Waals surface area contributed by atoms with Crippen LogP contribution >= 0.6 is 11.3 Å². The predicted molar refractivity (Wildman–Crippen MR) is 124 cm³/mol. The Morgan fingerprint density at radius 3 is 2.59 bits per heavy atom. The number of nitrogens with one attached hydrogen (secondary N) is 1. The molecule has 9 heteroatoms. The minimum atomic E-state index is -0.212. The number of ether oxygens (including phenoxy) is 3. The van der Waals surface area contributed by atoms with Gasteiger partial charge in [0.15, 0.2) is 22.4 Å². The van der Waals surface area contributed by atoms with Crippen LogP contribution in [0.15, 0.2) is 36.4 Å². The number of methoxy groups -OCH3 is 2. The van der Waals surface area contributed by atoms with E-state index in [1.54, 1.807) is 29.5 Å². The quantitative estimate of drug-likeness (QED) is 0.517. The van der Waals surface area contributed by atoms with Crippen LogP contribution in [-0.4, -0.2) is 57.2 Å². The lowest BCUT2D eigenvalue weighted by Gasteiger charge is -2.25. The number of amides is 1. The molecule has 0 aliphatic carbocycles. The average Bonchev–Trinajstić information content (AvgIpc) is 3.26. The Labute approximate surface area is 190 Å². The minimum Gasteiger partial charge on any atom is -0.493 e. The Kier molecular flexibility index (Phi) is 6.87. The van der Waals surface area contributed by atoms with Gasteiger partial charge < -0.3 is 24.4 Å². The lowest BCUT2D eigenvalue weighted by atomic mass is 10.1. The van der Waals surface area contributed by atoms with Crippen LogP contribution in [-0.2, 0) is 9.53 Å². The van der Waals surface area contributed by atoms with E-state index in [4.69, 9.17) is 14.2 Å². The monoisotopic (exact) mass is 455 g/mol. The van der Waals surface area contributed by atoms with Crippen molar-refractivity contribution in [3.8, 4) is 11.5 Å². The lowest BCUT2D eigenvalue weighted by molar-refractivity contribution is -0.116. The van der Waals surface area contributed by atoms with Gasteiger partial charge in [-0.15, -0.1) is 0 Å². The smallest absolute Gasteiger partial charge is 0.224 e. The highest BCUT2D eigenvalue weighted by Gasteiger charge is 2.16. The molecule has 8 nitrogen and oxygen atoms in total. The molecular formula is C23H25N3O5S. The van der Waals surface area contributed by atoms with Gasteiger partial charge >= 0.3 is 0 Å². The fourth-order valence-electron chi connectivity index (χ4n) is 3.48. The SMILES string of the molecule is COc1ccc(C(=O)CCC(=O)Nc2ccc3nc(N4CCOCC4)sc3c2)cc1OC. The number of thiazole rings is 1. The largest absolute Gasteiger partial charge is 0.493 e. The Hall–Kier alpha value is -3.17. The fourth-order valence-corrected chi connectivity index (χ4v) is 4.54. The number of nitrogens with zero attached hydrogens (tertiary/aromatic N) is 2. The molecule has 0 unspecified atom stereocenters. The van der Waals surface area contributed by atoms with Crippen molar-refractivity contribution in [1.82, 2.24) is 4.98 Å². The van der Waals surface area contributed by atoms with Crippen LogP contribution in [0.5, 0.6) is 11.5 Å². The van der Waals surface area contributed by atoms with Gasteiger partial charge in [0.05, 0.1) is 37.6 Å². The van der Waals surface area contributed by atoms with Crippen molar-refractivity contribution >= 4 is 44.1 Å². The molecule has 2 aromatic carbocycles. The third-order valence-electron chi connectivity index (χ3n) is 5.23. The molecule has 1 fully saturated rings.